The molecule has 1 aromatic heterocycles. The molecule has 0 amide bonds. The summed E-state index contributed by atoms with van der Waals surface area (Å²) in [7, 11) is 0. The number of likely N-dealkylation sites (tertiary alicyclic amines) is 1. The Morgan fingerprint density at radius 1 is 1.38 bits per heavy atom. The van der Waals surface area contributed by atoms with E-state index in [-0.39, 0.29) is 5.92 Å². The molecule has 5 nitrogen and oxygen atoms in total. The third-order valence-corrected chi connectivity index (χ3v) is 3.92. The van der Waals surface area contributed by atoms with Gasteiger partial charge in [-0.2, -0.15) is 4.98 Å². The molecule has 1 aromatic carbocycles. The van der Waals surface area contributed by atoms with Crippen molar-refractivity contribution in [3.8, 4) is 11.5 Å². The van der Waals surface area contributed by atoms with Crippen LogP contribution in [0.2, 0.25) is 0 Å². The largest absolute Gasteiger partial charge is 0.334 e. The fraction of sp³-hybridized carbons (Fsp3) is 0.438. The fourth-order valence-electron chi connectivity index (χ4n) is 2.66. The predicted molar refractivity (Wildman–Crippen MR) is 78.5 cm³/mol. The average molecular weight is 285 g/mol. The lowest BCUT2D eigenvalue weighted by atomic mass is 9.99. The second-order valence-corrected chi connectivity index (χ2v) is 5.63. The van der Waals surface area contributed by atoms with Gasteiger partial charge in [-0.15, -0.1) is 0 Å². The molecule has 2 heterocycles. The van der Waals surface area contributed by atoms with Crippen molar-refractivity contribution in [2.45, 2.75) is 26.3 Å². The predicted octanol–water partition coefficient (Wildman–Crippen LogP) is 2.46. The van der Waals surface area contributed by atoms with Crippen LogP contribution in [0.1, 0.15) is 24.2 Å². The van der Waals surface area contributed by atoms with E-state index < -0.39 is 0 Å². The number of piperidine rings is 1. The molecule has 1 aliphatic rings. The summed E-state index contributed by atoms with van der Waals surface area (Å²) in [6.07, 6.45) is 2.92. The van der Waals surface area contributed by atoms with Gasteiger partial charge in [-0.1, -0.05) is 22.9 Å². The highest BCUT2D eigenvalue weighted by Crippen LogP contribution is 2.20. The van der Waals surface area contributed by atoms with E-state index in [1.165, 1.54) is 5.56 Å². The standard InChI is InChI=1S/C16H19N3O2/c1-12-3-2-4-14(9-12)16-17-15(18-21-16)10-19-7-5-13(11-20)6-8-19/h2-4,9,11,13H,5-8,10H2,1H3. The molecule has 5 heteroatoms. The molecule has 0 bridgehead atoms. The normalized spacial score (nSPS) is 17.0. The highest BCUT2D eigenvalue weighted by molar-refractivity contribution is 5.54. The zero-order valence-corrected chi connectivity index (χ0v) is 12.2. The van der Waals surface area contributed by atoms with Crippen molar-refractivity contribution in [2.24, 2.45) is 5.92 Å². The molecule has 110 valence electrons. The van der Waals surface area contributed by atoms with E-state index in [1.807, 2.05) is 31.2 Å². The molecule has 1 saturated heterocycles. The lowest BCUT2D eigenvalue weighted by molar-refractivity contribution is -0.112. The van der Waals surface area contributed by atoms with Gasteiger partial charge in [-0.25, -0.2) is 0 Å². The van der Waals surface area contributed by atoms with Crippen molar-refractivity contribution in [3.05, 3.63) is 35.7 Å². The summed E-state index contributed by atoms with van der Waals surface area (Å²) in [5.74, 6) is 1.49. The number of aryl methyl sites for hydroxylation is 1. The van der Waals surface area contributed by atoms with Gasteiger partial charge in [-0.05, 0) is 45.0 Å². The van der Waals surface area contributed by atoms with Crippen LogP contribution in [-0.4, -0.2) is 34.4 Å². The SMILES string of the molecule is Cc1cccc(-c2nc(CN3CCC(C=O)CC3)no2)c1. The Morgan fingerprint density at radius 2 is 2.19 bits per heavy atom. The number of hydrogen-bond donors (Lipinski definition) is 0. The Balaban J connectivity index is 1.64. The first-order valence-electron chi connectivity index (χ1n) is 7.32. The monoisotopic (exact) mass is 285 g/mol. The number of aromatic nitrogens is 2. The van der Waals surface area contributed by atoms with Gasteiger partial charge < -0.3 is 9.32 Å². The second-order valence-electron chi connectivity index (χ2n) is 5.63. The Kier molecular flexibility index (Phi) is 4.10. The molecule has 0 spiro atoms. The van der Waals surface area contributed by atoms with Crippen LogP contribution in [0.4, 0.5) is 0 Å². The van der Waals surface area contributed by atoms with E-state index in [0.29, 0.717) is 18.3 Å². The molecule has 0 N–H and O–H groups in total. The first-order valence-corrected chi connectivity index (χ1v) is 7.32. The maximum atomic E-state index is 10.8. The van der Waals surface area contributed by atoms with Crippen molar-refractivity contribution in [1.29, 1.82) is 0 Å². The maximum absolute atomic E-state index is 10.8. The molecule has 0 radical (unpaired) electrons. The zero-order valence-electron chi connectivity index (χ0n) is 12.2. The smallest absolute Gasteiger partial charge is 0.257 e. The van der Waals surface area contributed by atoms with Crippen LogP contribution in [0.3, 0.4) is 0 Å². The maximum Gasteiger partial charge on any atom is 0.257 e. The van der Waals surface area contributed by atoms with Crippen LogP contribution in [-0.2, 0) is 11.3 Å². The van der Waals surface area contributed by atoms with Gasteiger partial charge in [0, 0.05) is 11.5 Å². The van der Waals surface area contributed by atoms with E-state index in [0.717, 1.165) is 37.8 Å². The van der Waals surface area contributed by atoms with Crippen molar-refractivity contribution >= 4 is 6.29 Å². The Labute approximate surface area is 124 Å². The lowest BCUT2D eigenvalue weighted by Gasteiger charge is -2.28. The third-order valence-electron chi connectivity index (χ3n) is 3.92. The molecule has 1 aliphatic heterocycles. The van der Waals surface area contributed by atoms with E-state index in [2.05, 4.69) is 15.0 Å². The summed E-state index contributed by atoms with van der Waals surface area (Å²) in [6.45, 7) is 4.55. The Morgan fingerprint density at radius 3 is 2.90 bits per heavy atom. The number of hydrogen-bond acceptors (Lipinski definition) is 5. The number of benzene rings is 1. The molecule has 0 saturated carbocycles. The summed E-state index contributed by atoms with van der Waals surface area (Å²) in [4.78, 5) is 17.5. The number of carbonyl (C=O) groups excluding carboxylic acids is 1. The molecule has 0 atom stereocenters. The first kappa shape index (κ1) is 13.9. The average Bonchev–Trinajstić information content (AvgIpc) is 2.97. The third kappa shape index (κ3) is 3.36. The lowest BCUT2D eigenvalue weighted by Crippen LogP contribution is -2.33. The summed E-state index contributed by atoms with van der Waals surface area (Å²) in [5.41, 5.74) is 2.12. The van der Waals surface area contributed by atoms with Crippen LogP contribution in [0.5, 0.6) is 0 Å². The van der Waals surface area contributed by atoms with Crippen LogP contribution in [0.25, 0.3) is 11.5 Å². The Hall–Kier alpha value is -2.01. The zero-order chi connectivity index (χ0) is 14.7. The summed E-state index contributed by atoms with van der Waals surface area (Å²) in [5, 5.41) is 4.06. The summed E-state index contributed by atoms with van der Waals surface area (Å²) < 4.78 is 5.35. The molecule has 21 heavy (non-hydrogen) atoms. The minimum atomic E-state index is 0.217. The number of nitrogens with zero attached hydrogens (tertiary/aromatic N) is 3. The van der Waals surface area contributed by atoms with E-state index in [9.17, 15) is 4.79 Å². The fourth-order valence-corrected chi connectivity index (χ4v) is 2.66. The summed E-state index contributed by atoms with van der Waals surface area (Å²) >= 11 is 0. The van der Waals surface area contributed by atoms with Gasteiger partial charge in [-0.3, -0.25) is 4.90 Å². The van der Waals surface area contributed by atoms with Gasteiger partial charge in [0.25, 0.3) is 5.89 Å². The van der Waals surface area contributed by atoms with E-state index in [4.69, 9.17) is 4.52 Å². The van der Waals surface area contributed by atoms with Gasteiger partial charge in [0.15, 0.2) is 5.82 Å². The van der Waals surface area contributed by atoms with E-state index >= 15 is 0 Å². The van der Waals surface area contributed by atoms with Gasteiger partial charge in [0.2, 0.25) is 0 Å². The highest BCUT2D eigenvalue weighted by atomic mass is 16.5. The molecule has 0 unspecified atom stereocenters. The van der Waals surface area contributed by atoms with Crippen molar-refractivity contribution < 1.29 is 9.32 Å². The molecular formula is C16H19N3O2. The van der Waals surface area contributed by atoms with E-state index in [1.54, 1.807) is 0 Å². The van der Waals surface area contributed by atoms with Crippen LogP contribution in [0, 0.1) is 12.8 Å². The topological polar surface area (TPSA) is 59.2 Å². The number of aldehydes is 1. The second kappa shape index (κ2) is 6.18. The molecule has 2 aromatic rings. The number of rotatable bonds is 4. The molecule has 1 fully saturated rings. The van der Waals surface area contributed by atoms with Crippen LogP contribution in [0.15, 0.2) is 28.8 Å². The highest BCUT2D eigenvalue weighted by Gasteiger charge is 2.20. The van der Waals surface area contributed by atoms with Crippen molar-refractivity contribution in [3.63, 3.8) is 0 Å². The van der Waals surface area contributed by atoms with Crippen LogP contribution >= 0.6 is 0 Å². The van der Waals surface area contributed by atoms with Gasteiger partial charge >= 0.3 is 0 Å². The number of carbonyl (C=O) groups is 1. The molecule has 3 rings (SSSR count). The molecular weight excluding hydrogens is 266 g/mol. The Bertz CT molecular complexity index is 615. The van der Waals surface area contributed by atoms with Crippen LogP contribution < -0.4 is 0 Å². The first-order chi connectivity index (χ1) is 10.2. The minimum absolute atomic E-state index is 0.217. The van der Waals surface area contributed by atoms with Crippen molar-refractivity contribution in [1.82, 2.24) is 15.0 Å². The quantitative estimate of drug-likeness (QED) is 0.808. The van der Waals surface area contributed by atoms with Gasteiger partial charge in [0.05, 0.1) is 6.54 Å². The van der Waals surface area contributed by atoms with Crippen molar-refractivity contribution in [2.75, 3.05) is 13.1 Å². The molecule has 0 aliphatic carbocycles. The minimum Gasteiger partial charge on any atom is -0.334 e. The van der Waals surface area contributed by atoms with Gasteiger partial charge in [0.1, 0.15) is 6.29 Å². The summed E-state index contributed by atoms with van der Waals surface area (Å²) in [6, 6.07) is 8.03.